The third-order valence-corrected chi connectivity index (χ3v) is 6.79. The van der Waals surface area contributed by atoms with E-state index in [9.17, 15) is 8.22 Å². The number of furan rings is 1. The Labute approximate surface area is 247 Å². The maximum absolute atomic E-state index is 9.45. The van der Waals surface area contributed by atoms with E-state index >= 15 is 0 Å². The summed E-state index contributed by atoms with van der Waals surface area (Å²) >= 11 is 0. The summed E-state index contributed by atoms with van der Waals surface area (Å²) in [4.78, 5) is 0. The summed E-state index contributed by atoms with van der Waals surface area (Å²) in [6.45, 7) is 0. The molecule has 7 aromatic carbocycles. The first-order chi connectivity index (χ1) is 25.6. The van der Waals surface area contributed by atoms with E-state index < -0.39 is 102 Å². The van der Waals surface area contributed by atoms with Gasteiger partial charge in [-0.3, -0.25) is 0 Å². The summed E-state index contributed by atoms with van der Waals surface area (Å²) < 4.78 is 139. The van der Waals surface area contributed by atoms with Crippen LogP contribution in [0.3, 0.4) is 0 Å². The first kappa shape index (κ1) is 11.7. The average Bonchev–Trinajstić information content (AvgIpc) is 3.59. The van der Waals surface area contributed by atoms with E-state index in [4.69, 9.17) is 16.8 Å². The number of hydrogen-bond acceptors (Lipinski definition) is 1. The second-order valence-corrected chi connectivity index (χ2v) is 8.92. The van der Waals surface area contributed by atoms with Gasteiger partial charge in [-0.15, -0.1) is 0 Å². The summed E-state index contributed by atoms with van der Waals surface area (Å²) in [5, 5.41) is -1.30. The van der Waals surface area contributed by atoms with Crippen LogP contribution in [-0.4, -0.2) is 0 Å². The Morgan fingerprint density at radius 1 is 0.410 bits per heavy atom. The van der Waals surface area contributed by atoms with Gasteiger partial charge in [0.1, 0.15) is 11.2 Å². The van der Waals surface area contributed by atoms with Crippen molar-refractivity contribution in [3.05, 3.63) is 145 Å². The second-order valence-electron chi connectivity index (χ2n) is 8.92. The van der Waals surface area contributed by atoms with Gasteiger partial charge in [-0.1, -0.05) is 127 Å². The Hall–Kier alpha value is -5.14. The van der Waals surface area contributed by atoms with Gasteiger partial charge in [-0.25, -0.2) is 0 Å². The molecule has 0 saturated carbocycles. The Morgan fingerprint density at radius 3 is 1.64 bits per heavy atom. The monoisotopic (exact) mass is 511 g/mol. The molecule has 0 bridgehead atoms. The predicted molar refractivity (Wildman–Crippen MR) is 165 cm³/mol. The zero-order valence-electron chi connectivity index (χ0n) is 35.1. The molecule has 0 aliphatic carbocycles. The van der Waals surface area contributed by atoms with Crippen molar-refractivity contribution in [2.24, 2.45) is 0 Å². The van der Waals surface area contributed by atoms with Crippen LogP contribution in [0.15, 0.2) is 150 Å². The van der Waals surface area contributed by atoms with Crippen LogP contribution in [0, 0.1) is 0 Å². The maximum Gasteiger partial charge on any atom is 0.136 e. The van der Waals surface area contributed by atoms with Crippen molar-refractivity contribution in [3.63, 3.8) is 0 Å². The molecule has 0 atom stereocenters. The standard InChI is InChI=1S/C38H24O/c1-2-12-25(13-3-1)27-14-4-5-16-30(27)38-33-19-8-6-17-31(33)37(32-18-7-9-20-34(32)38)26-22-23-29-28-15-10-11-21-35(28)39-36(29)24-26/h1-24H/i6D,7D,8D,9D,10D,11D,15D,17D,18D,19D,20D,21D,22D,23D,24D. The Bertz CT molecular complexity index is 2910. The number of para-hydroxylation sites is 1. The van der Waals surface area contributed by atoms with Crippen molar-refractivity contribution >= 4 is 43.5 Å². The van der Waals surface area contributed by atoms with Gasteiger partial charge in [0.25, 0.3) is 0 Å². The lowest BCUT2D eigenvalue weighted by Crippen LogP contribution is -1.92. The average molecular weight is 512 g/mol. The number of fused-ring (bicyclic) bond motifs is 5. The van der Waals surface area contributed by atoms with Crippen LogP contribution in [0.5, 0.6) is 0 Å². The molecule has 0 unspecified atom stereocenters. The van der Waals surface area contributed by atoms with Crippen LogP contribution in [0.25, 0.3) is 76.9 Å². The van der Waals surface area contributed by atoms with Crippen molar-refractivity contribution < 1.29 is 25.0 Å². The number of rotatable bonds is 3. The van der Waals surface area contributed by atoms with Gasteiger partial charge in [-0.05, 0) is 73.1 Å². The highest BCUT2D eigenvalue weighted by molar-refractivity contribution is 6.23. The molecule has 1 aromatic heterocycles. The molecule has 0 aliphatic rings. The van der Waals surface area contributed by atoms with E-state index in [-0.39, 0.29) is 49.0 Å². The van der Waals surface area contributed by atoms with E-state index in [0.717, 1.165) is 0 Å². The zero-order chi connectivity index (χ0) is 38.8. The maximum atomic E-state index is 9.45. The molecule has 8 rings (SSSR count). The van der Waals surface area contributed by atoms with Crippen molar-refractivity contribution in [1.82, 2.24) is 0 Å². The number of benzene rings is 7. The molecule has 1 heterocycles. The van der Waals surface area contributed by atoms with E-state index in [2.05, 4.69) is 0 Å². The molecule has 39 heavy (non-hydrogen) atoms. The molecule has 0 radical (unpaired) electrons. The van der Waals surface area contributed by atoms with E-state index in [1.165, 1.54) is 0 Å². The van der Waals surface area contributed by atoms with Crippen molar-refractivity contribution in [2.45, 2.75) is 0 Å². The fraction of sp³-hybridized carbons (Fsp3) is 0. The Balaban J connectivity index is 1.70. The van der Waals surface area contributed by atoms with Crippen LogP contribution in [0.2, 0.25) is 0 Å². The molecule has 8 aromatic rings. The highest BCUT2D eigenvalue weighted by Gasteiger charge is 2.19. The first-order valence-electron chi connectivity index (χ1n) is 19.6. The lowest BCUT2D eigenvalue weighted by atomic mass is 9.84. The molecule has 1 nitrogen and oxygen atoms in total. The molecular weight excluding hydrogens is 472 g/mol. The highest BCUT2D eigenvalue weighted by Crippen LogP contribution is 2.46. The van der Waals surface area contributed by atoms with Crippen LogP contribution in [0.1, 0.15) is 20.6 Å². The minimum Gasteiger partial charge on any atom is -0.456 e. The molecule has 0 fully saturated rings. The SMILES string of the molecule is [2H]c1c([2H])c([2H])c2c(oc3c([2H])c(-c4c5c([2H])c([2H])c([2H])c([2H])c5c(-c5ccccc5-c5ccccc5)c5c([2H])c([2H])c([2H])c([2H])c45)c([2H])c([2H])c32)c1[2H]. The predicted octanol–water partition coefficient (Wildman–Crippen LogP) is 10.9. The molecule has 0 amide bonds. The normalized spacial score (nSPS) is 17.0. The fourth-order valence-corrected chi connectivity index (χ4v) is 5.14. The van der Waals surface area contributed by atoms with E-state index in [0.29, 0.717) is 16.7 Å². The second kappa shape index (κ2) is 8.72. The minimum atomic E-state index is -0.692. The van der Waals surface area contributed by atoms with Gasteiger partial charge >= 0.3 is 0 Å². The Kier molecular flexibility index (Phi) is 2.62. The van der Waals surface area contributed by atoms with Crippen LogP contribution in [0.4, 0.5) is 0 Å². The summed E-state index contributed by atoms with van der Waals surface area (Å²) in [7, 11) is 0. The summed E-state index contributed by atoms with van der Waals surface area (Å²) in [6, 6.07) is 6.76. The van der Waals surface area contributed by atoms with Crippen LogP contribution < -0.4 is 0 Å². The highest BCUT2D eigenvalue weighted by atomic mass is 16.3. The smallest absolute Gasteiger partial charge is 0.136 e. The fourth-order valence-electron chi connectivity index (χ4n) is 5.14. The van der Waals surface area contributed by atoms with Gasteiger partial charge in [0.05, 0.1) is 20.6 Å². The van der Waals surface area contributed by atoms with Gasteiger partial charge in [-0.2, -0.15) is 0 Å². The van der Waals surface area contributed by atoms with Gasteiger partial charge in [0.2, 0.25) is 0 Å². The zero-order valence-corrected chi connectivity index (χ0v) is 20.1. The molecule has 0 aliphatic heterocycles. The summed E-state index contributed by atoms with van der Waals surface area (Å²) in [5.74, 6) is 0. The van der Waals surface area contributed by atoms with Crippen LogP contribution in [-0.2, 0) is 0 Å². The third kappa shape index (κ3) is 3.41. The molecule has 0 N–H and O–H groups in total. The molecular formula is C38H24O. The molecule has 0 spiro atoms. The van der Waals surface area contributed by atoms with Gasteiger partial charge in [0, 0.05) is 10.8 Å². The lowest BCUT2D eigenvalue weighted by molar-refractivity contribution is 0.669. The summed E-state index contributed by atoms with van der Waals surface area (Å²) in [5.41, 5.74) is 0.211. The molecule has 1 heteroatoms. The van der Waals surface area contributed by atoms with Crippen molar-refractivity contribution in [3.8, 4) is 33.4 Å². The Morgan fingerprint density at radius 2 is 0.949 bits per heavy atom. The number of hydrogen-bond donors (Lipinski definition) is 0. The van der Waals surface area contributed by atoms with E-state index in [1.54, 1.807) is 24.3 Å². The van der Waals surface area contributed by atoms with Gasteiger partial charge in [0.15, 0.2) is 0 Å². The summed E-state index contributed by atoms with van der Waals surface area (Å²) in [6.07, 6.45) is 0. The first-order valence-corrected chi connectivity index (χ1v) is 12.1. The third-order valence-electron chi connectivity index (χ3n) is 6.79. The van der Waals surface area contributed by atoms with E-state index in [1.807, 2.05) is 30.3 Å². The largest absolute Gasteiger partial charge is 0.456 e. The molecule has 182 valence electrons. The lowest BCUT2D eigenvalue weighted by Gasteiger charge is -2.19. The van der Waals surface area contributed by atoms with Crippen LogP contribution >= 0.6 is 0 Å². The van der Waals surface area contributed by atoms with Crippen molar-refractivity contribution in [1.29, 1.82) is 0 Å². The molecule has 0 saturated heterocycles. The van der Waals surface area contributed by atoms with Crippen molar-refractivity contribution in [2.75, 3.05) is 0 Å². The topological polar surface area (TPSA) is 13.1 Å². The van der Waals surface area contributed by atoms with Gasteiger partial charge < -0.3 is 4.42 Å². The minimum absolute atomic E-state index is 0.0693. The quantitative estimate of drug-likeness (QED) is 0.215.